The maximum Gasteiger partial charge on any atom is 0.335 e. The van der Waals surface area contributed by atoms with E-state index in [4.69, 9.17) is 28.4 Å². The van der Waals surface area contributed by atoms with Crippen molar-refractivity contribution in [1.82, 2.24) is 0 Å². The van der Waals surface area contributed by atoms with Crippen molar-refractivity contribution in [1.29, 1.82) is 0 Å². The average molecular weight is 507 g/mol. The van der Waals surface area contributed by atoms with Gasteiger partial charge in [0.2, 0.25) is 6.29 Å². The molecule has 0 amide bonds. The third-order valence-electron chi connectivity index (χ3n) is 10.5. The van der Waals surface area contributed by atoms with Crippen LogP contribution in [-0.4, -0.2) is 66.4 Å². The number of hydrogen-bond donors (Lipinski definition) is 1. The maximum absolute atomic E-state index is 13.0. The van der Waals surface area contributed by atoms with Gasteiger partial charge in [-0.1, -0.05) is 19.9 Å². The van der Waals surface area contributed by atoms with Gasteiger partial charge in [-0.25, -0.2) is 4.79 Å². The molecule has 0 unspecified atom stereocenters. The van der Waals surface area contributed by atoms with Crippen molar-refractivity contribution >= 4 is 11.9 Å². The quantitative estimate of drug-likeness (QED) is 0.349. The van der Waals surface area contributed by atoms with E-state index in [0.29, 0.717) is 31.4 Å². The van der Waals surface area contributed by atoms with Crippen molar-refractivity contribution in [2.75, 3.05) is 6.61 Å². The Hall–Kier alpha value is -1.52. The summed E-state index contributed by atoms with van der Waals surface area (Å²) in [6.45, 7) is 9.93. The highest BCUT2D eigenvalue weighted by atomic mass is 16.7. The first-order chi connectivity index (χ1) is 17.0. The van der Waals surface area contributed by atoms with Crippen molar-refractivity contribution in [3.8, 4) is 0 Å². The van der Waals surface area contributed by atoms with Crippen LogP contribution in [0.25, 0.3) is 0 Å². The molecule has 36 heavy (non-hydrogen) atoms. The van der Waals surface area contributed by atoms with E-state index >= 15 is 0 Å². The first kappa shape index (κ1) is 24.8. The molecule has 5 aliphatic heterocycles. The van der Waals surface area contributed by atoms with Gasteiger partial charge in [-0.05, 0) is 44.9 Å². The first-order valence-electron chi connectivity index (χ1n) is 13.3. The summed E-state index contributed by atoms with van der Waals surface area (Å²) in [6.07, 6.45) is 2.25. The highest BCUT2D eigenvalue weighted by molar-refractivity contribution is 5.87. The Morgan fingerprint density at radius 2 is 1.81 bits per heavy atom. The Bertz CT molecular complexity index is 960. The van der Waals surface area contributed by atoms with Crippen LogP contribution in [0.1, 0.15) is 66.7 Å². The van der Waals surface area contributed by atoms with E-state index < -0.39 is 42.0 Å². The van der Waals surface area contributed by atoms with E-state index in [1.807, 2.05) is 0 Å². The fraction of sp³-hybridized carbons (Fsp3) is 0.852. The standard InChI is InChI=1S/C27H38O9/c1-6-13(2)22(30)36-24-27-18(10-17(33-24)11-26(27)12-31-26)25(5,14(3)7-20(27)32-15(4)28)19-8-16-9-21(29)35-23(16)34-19/h6,14,16-21,23-24,29H,7-12H2,1-5H3/b13-6+/t14-,16+,17-,18-,19-,20+,21+,23-,24+,25+,26+,27+/m1/s1. The van der Waals surface area contributed by atoms with Gasteiger partial charge in [0.1, 0.15) is 17.1 Å². The SMILES string of the molecule is C/C=C(\C)C(=O)O[C@@H]1O[C@@H]2C[C@@H]3[C@@](C)([C@H]4C[C@H]5C[C@@H](O)O[C@H]5O4)[C@H](C)C[C@H](OC(C)=O)[C@]13[C@@]1(CO1)C2. The number of rotatable bonds is 4. The predicted octanol–water partition coefficient (Wildman–Crippen LogP) is 2.83. The second kappa shape index (κ2) is 8.24. The Balaban J connectivity index is 1.44. The Morgan fingerprint density at radius 3 is 2.44 bits per heavy atom. The summed E-state index contributed by atoms with van der Waals surface area (Å²) in [5, 5.41) is 9.96. The van der Waals surface area contributed by atoms with Crippen LogP contribution >= 0.6 is 0 Å². The molecular formula is C27H38O9. The zero-order chi connectivity index (χ0) is 25.6. The average Bonchev–Trinajstić information content (AvgIpc) is 3.31. The van der Waals surface area contributed by atoms with Crippen molar-refractivity contribution < 1.29 is 43.1 Å². The van der Waals surface area contributed by atoms with Gasteiger partial charge in [-0.3, -0.25) is 4.79 Å². The molecule has 7 rings (SSSR count). The number of hydrogen-bond acceptors (Lipinski definition) is 9. The number of allylic oxidation sites excluding steroid dienone is 1. The topological polar surface area (TPSA) is 113 Å². The van der Waals surface area contributed by atoms with E-state index in [-0.39, 0.29) is 41.3 Å². The van der Waals surface area contributed by atoms with Gasteiger partial charge in [0.05, 0.1) is 18.8 Å². The molecule has 2 bridgehead atoms. The number of carbonyl (C=O) groups excluding carboxylic acids is 2. The second-order valence-electron chi connectivity index (χ2n) is 12.1. The molecule has 2 spiro atoms. The van der Waals surface area contributed by atoms with Crippen LogP contribution in [0.3, 0.4) is 0 Å². The van der Waals surface area contributed by atoms with Crippen molar-refractivity contribution in [2.45, 2.75) is 110 Å². The van der Waals surface area contributed by atoms with Gasteiger partial charge in [-0.2, -0.15) is 0 Å². The molecule has 0 aromatic carbocycles. The number of aliphatic hydroxyl groups is 1. The summed E-state index contributed by atoms with van der Waals surface area (Å²) < 4.78 is 37.0. The monoisotopic (exact) mass is 506 g/mol. The minimum atomic E-state index is -0.893. The summed E-state index contributed by atoms with van der Waals surface area (Å²) >= 11 is 0. The molecule has 0 aromatic rings. The summed E-state index contributed by atoms with van der Waals surface area (Å²) in [5.41, 5.74) is -1.26. The lowest BCUT2D eigenvalue weighted by Crippen LogP contribution is -2.77. The maximum atomic E-state index is 13.0. The summed E-state index contributed by atoms with van der Waals surface area (Å²) in [5.74, 6) is -0.544. The molecule has 0 aromatic heterocycles. The van der Waals surface area contributed by atoms with Crippen LogP contribution < -0.4 is 0 Å². The van der Waals surface area contributed by atoms with E-state index in [1.54, 1.807) is 19.9 Å². The largest absolute Gasteiger partial charge is 0.462 e. The van der Waals surface area contributed by atoms with Crippen LogP contribution in [0.2, 0.25) is 0 Å². The Kier molecular flexibility index (Phi) is 5.67. The van der Waals surface area contributed by atoms with Crippen LogP contribution in [0.5, 0.6) is 0 Å². The van der Waals surface area contributed by atoms with E-state index in [0.717, 1.165) is 12.8 Å². The van der Waals surface area contributed by atoms with Gasteiger partial charge in [0.15, 0.2) is 12.6 Å². The molecule has 2 saturated carbocycles. The molecule has 12 atom stereocenters. The molecule has 5 heterocycles. The number of ether oxygens (including phenoxy) is 6. The fourth-order valence-electron chi connectivity index (χ4n) is 8.44. The molecule has 9 nitrogen and oxygen atoms in total. The lowest BCUT2D eigenvalue weighted by molar-refractivity contribution is -0.375. The fourth-order valence-corrected chi connectivity index (χ4v) is 8.44. The molecule has 7 aliphatic rings. The molecule has 1 N–H and O–H groups in total. The first-order valence-corrected chi connectivity index (χ1v) is 13.3. The molecule has 9 heteroatoms. The summed E-state index contributed by atoms with van der Waals surface area (Å²) in [4.78, 5) is 25.4. The van der Waals surface area contributed by atoms with Gasteiger partial charge < -0.3 is 33.5 Å². The molecule has 7 fully saturated rings. The Morgan fingerprint density at radius 1 is 1.06 bits per heavy atom. The zero-order valence-electron chi connectivity index (χ0n) is 21.7. The predicted molar refractivity (Wildman–Crippen MR) is 124 cm³/mol. The number of epoxide rings is 1. The van der Waals surface area contributed by atoms with Crippen LogP contribution in [0, 0.1) is 28.6 Å². The van der Waals surface area contributed by atoms with Gasteiger partial charge in [0.25, 0.3) is 0 Å². The van der Waals surface area contributed by atoms with E-state index in [1.165, 1.54) is 6.92 Å². The molecule has 200 valence electrons. The molecular weight excluding hydrogens is 468 g/mol. The van der Waals surface area contributed by atoms with Crippen molar-refractivity contribution in [3.05, 3.63) is 11.6 Å². The summed E-state index contributed by atoms with van der Waals surface area (Å²) in [7, 11) is 0. The molecule has 0 radical (unpaired) electrons. The third-order valence-corrected chi connectivity index (χ3v) is 10.5. The van der Waals surface area contributed by atoms with Crippen molar-refractivity contribution in [3.63, 3.8) is 0 Å². The highest BCUT2D eigenvalue weighted by Gasteiger charge is 2.83. The number of aliphatic hydroxyl groups excluding tert-OH is 1. The normalized spacial score (nSPS) is 53.2. The van der Waals surface area contributed by atoms with Gasteiger partial charge in [-0.15, -0.1) is 0 Å². The minimum absolute atomic E-state index is 0.0365. The number of esters is 2. The number of fused-ring (bicyclic) bond motifs is 2. The molecule has 2 aliphatic carbocycles. The van der Waals surface area contributed by atoms with Crippen LogP contribution in [-0.2, 0) is 38.0 Å². The minimum Gasteiger partial charge on any atom is -0.462 e. The second-order valence-corrected chi connectivity index (χ2v) is 12.1. The van der Waals surface area contributed by atoms with Gasteiger partial charge >= 0.3 is 11.9 Å². The Labute approximate surface area is 211 Å². The smallest absolute Gasteiger partial charge is 0.335 e. The lowest BCUT2D eigenvalue weighted by Gasteiger charge is -2.69. The molecule has 5 saturated heterocycles. The third kappa shape index (κ3) is 3.25. The van der Waals surface area contributed by atoms with Crippen LogP contribution in [0.4, 0.5) is 0 Å². The van der Waals surface area contributed by atoms with E-state index in [9.17, 15) is 14.7 Å². The van der Waals surface area contributed by atoms with Crippen LogP contribution in [0.15, 0.2) is 11.6 Å². The van der Waals surface area contributed by atoms with Gasteiger partial charge in [0, 0.05) is 36.7 Å². The summed E-state index contributed by atoms with van der Waals surface area (Å²) in [6, 6.07) is 0. The lowest BCUT2D eigenvalue weighted by atomic mass is 9.40. The zero-order valence-corrected chi connectivity index (χ0v) is 21.7. The highest BCUT2D eigenvalue weighted by Crippen LogP contribution is 2.74. The van der Waals surface area contributed by atoms with Crippen molar-refractivity contribution in [2.24, 2.45) is 28.6 Å². The number of carbonyl (C=O) groups is 2. The van der Waals surface area contributed by atoms with E-state index in [2.05, 4.69) is 13.8 Å².